The number of hydrogen-bond donors (Lipinski definition) is 2. The number of carbonyl (C=O) groups excluding carboxylic acids is 4. The van der Waals surface area contributed by atoms with Gasteiger partial charge in [0.15, 0.2) is 0 Å². The highest BCUT2D eigenvalue weighted by molar-refractivity contribution is 6.23. The van der Waals surface area contributed by atoms with Gasteiger partial charge in [-0.1, -0.05) is 43.2 Å². The third kappa shape index (κ3) is 4.46. The fraction of sp³-hybridized carbons (Fsp3) is 0.407. The highest BCUT2D eigenvalue weighted by Crippen LogP contribution is 2.33. The van der Waals surface area contributed by atoms with Crippen LogP contribution in [-0.2, 0) is 16.1 Å². The second-order valence-corrected chi connectivity index (χ2v) is 9.61. The van der Waals surface area contributed by atoms with E-state index in [0.29, 0.717) is 17.2 Å². The highest BCUT2D eigenvalue weighted by Gasteiger charge is 2.45. The Bertz CT molecular complexity index is 1170. The average molecular weight is 475 g/mol. The van der Waals surface area contributed by atoms with Crippen LogP contribution in [0.2, 0.25) is 0 Å². The van der Waals surface area contributed by atoms with Crippen molar-refractivity contribution in [3.8, 4) is 0 Å². The Morgan fingerprint density at radius 2 is 1.69 bits per heavy atom. The van der Waals surface area contributed by atoms with Crippen LogP contribution in [0.15, 0.2) is 48.5 Å². The van der Waals surface area contributed by atoms with Gasteiger partial charge in [0.1, 0.15) is 6.04 Å². The van der Waals surface area contributed by atoms with Gasteiger partial charge in [-0.15, -0.1) is 0 Å². The predicted molar refractivity (Wildman–Crippen MR) is 131 cm³/mol. The van der Waals surface area contributed by atoms with Crippen molar-refractivity contribution in [2.75, 3.05) is 11.9 Å². The Kier molecular flexibility index (Phi) is 6.38. The predicted octanol–water partition coefficient (Wildman–Crippen LogP) is 2.62. The number of amides is 4. The Hall–Kier alpha value is -3.52. The van der Waals surface area contributed by atoms with Gasteiger partial charge in [0.25, 0.3) is 11.8 Å². The van der Waals surface area contributed by atoms with Crippen molar-refractivity contribution in [2.45, 2.75) is 63.2 Å². The van der Waals surface area contributed by atoms with E-state index in [1.165, 1.54) is 12.0 Å². The summed E-state index contributed by atoms with van der Waals surface area (Å²) in [5.74, 6) is -1.93. The van der Waals surface area contributed by atoms with Crippen molar-refractivity contribution < 1.29 is 19.2 Å². The molecular weight excluding hydrogens is 444 g/mol. The minimum atomic E-state index is -0.953. The van der Waals surface area contributed by atoms with Gasteiger partial charge < -0.3 is 10.2 Å². The molecule has 5 rings (SSSR count). The summed E-state index contributed by atoms with van der Waals surface area (Å²) in [4.78, 5) is 53.3. The van der Waals surface area contributed by atoms with Crippen LogP contribution in [0.4, 0.5) is 5.69 Å². The number of rotatable bonds is 6. The average Bonchev–Trinajstić information content (AvgIpc) is 3.12. The molecule has 1 saturated heterocycles. The monoisotopic (exact) mass is 474 g/mol. The molecule has 0 bridgehead atoms. The molecule has 35 heavy (non-hydrogen) atoms. The van der Waals surface area contributed by atoms with Gasteiger partial charge in [-0.05, 0) is 43.0 Å². The number of fused-ring (bicyclic) bond motifs is 1. The van der Waals surface area contributed by atoms with Gasteiger partial charge in [-0.3, -0.25) is 29.4 Å². The largest absolute Gasteiger partial charge is 0.370 e. The summed E-state index contributed by atoms with van der Waals surface area (Å²) >= 11 is 0. The number of imide groups is 2. The molecule has 0 radical (unpaired) electrons. The molecule has 182 valence electrons. The van der Waals surface area contributed by atoms with Crippen LogP contribution < -0.4 is 15.5 Å². The zero-order chi connectivity index (χ0) is 24.5. The Morgan fingerprint density at radius 1 is 0.943 bits per heavy atom. The maximum absolute atomic E-state index is 13.2. The second kappa shape index (κ2) is 9.62. The molecule has 1 aliphatic carbocycles. The van der Waals surface area contributed by atoms with Gasteiger partial charge in [0, 0.05) is 37.8 Å². The number of piperidine rings is 1. The molecule has 2 fully saturated rings. The molecule has 8 nitrogen and oxygen atoms in total. The smallest absolute Gasteiger partial charge is 0.262 e. The molecule has 1 unspecified atom stereocenters. The molecule has 1 saturated carbocycles. The van der Waals surface area contributed by atoms with E-state index in [-0.39, 0.29) is 24.8 Å². The Labute approximate surface area is 204 Å². The first-order chi connectivity index (χ1) is 16.9. The summed E-state index contributed by atoms with van der Waals surface area (Å²) in [7, 11) is 2.04. The summed E-state index contributed by atoms with van der Waals surface area (Å²) in [6.07, 6.45) is 4.69. The molecule has 3 atom stereocenters. The molecule has 0 aromatic heterocycles. The number of anilines is 1. The van der Waals surface area contributed by atoms with E-state index in [4.69, 9.17) is 0 Å². The molecule has 4 amide bonds. The lowest BCUT2D eigenvalue weighted by Gasteiger charge is -2.40. The number of nitrogens with one attached hydrogen (secondary N) is 2. The molecule has 2 aromatic carbocycles. The maximum Gasteiger partial charge on any atom is 0.262 e. The van der Waals surface area contributed by atoms with Crippen molar-refractivity contribution in [3.63, 3.8) is 0 Å². The molecule has 8 heteroatoms. The molecular formula is C27H30N4O4. The fourth-order valence-corrected chi connectivity index (χ4v) is 5.53. The number of nitrogens with zero attached hydrogens (tertiary/aromatic N) is 2. The topological polar surface area (TPSA) is 98.8 Å². The Morgan fingerprint density at radius 3 is 2.46 bits per heavy atom. The molecule has 2 heterocycles. The number of benzene rings is 2. The maximum atomic E-state index is 13.2. The van der Waals surface area contributed by atoms with E-state index in [0.717, 1.165) is 36.4 Å². The third-order valence-electron chi connectivity index (χ3n) is 7.47. The van der Waals surface area contributed by atoms with Crippen LogP contribution in [0, 0.1) is 0 Å². The van der Waals surface area contributed by atoms with Crippen molar-refractivity contribution >= 4 is 29.3 Å². The van der Waals surface area contributed by atoms with E-state index in [2.05, 4.69) is 27.7 Å². The first kappa shape index (κ1) is 23.2. The number of hydrogen-bond acceptors (Lipinski definition) is 6. The van der Waals surface area contributed by atoms with Crippen LogP contribution >= 0.6 is 0 Å². The number of likely N-dealkylation sites (N-methyl/N-ethyl adjacent to an activating group) is 1. The van der Waals surface area contributed by atoms with Crippen molar-refractivity contribution in [3.05, 3.63) is 65.2 Å². The summed E-state index contributed by atoms with van der Waals surface area (Å²) < 4.78 is 0. The quantitative estimate of drug-likeness (QED) is 0.625. The van der Waals surface area contributed by atoms with E-state index in [1.807, 2.05) is 31.3 Å². The molecule has 0 spiro atoms. The standard InChI is InChI=1S/C27H30N4O4/c1-30(22-10-6-5-9-21(22)28-16-17-7-3-2-4-8-17)18-11-12-19-20(15-18)27(35)31(26(19)34)23-13-14-24(32)29-25(23)33/h2-4,7-8,11-12,15,21-23,28H,5-6,9-10,13-14,16H2,1H3,(H,29,32,33)/t21-,22-,23?/m0/s1. The van der Waals surface area contributed by atoms with Gasteiger partial charge >= 0.3 is 0 Å². The summed E-state index contributed by atoms with van der Waals surface area (Å²) in [5.41, 5.74) is 2.73. The zero-order valence-electron chi connectivity index (χ0n) is 19.8. The SMILES string of the molecule is CN(c1ccc2c(c1)C(=O)N(C1CCC(=O)NC1=O)C2=O)[C@H]1CCCC[C@@H]1NCc1ccccc1. The Balaban J connectivity index is 1.34. The normalized spacial score (nSPS) is 24.4. The van der Waals surface area contributed by atoms with Crippen LogP contribution in [0.5, 0.6) is 0 Å². The van der Waals surface area contributed by atoms with Crippen LogP contribution in [0.3, 0.4) is 0 Å². The molecule has 2 N–H and O–H groups in total. The second-order valence-electron chi connectivity index (χ2n) is 9.61. The lowest BCUT2D eigenvalue weighted by molar-refractivity contribution is -0.136. The van der Waals surface area contributed by atoms with E-state index in [1.54, 1.807) is 12.1 Å². The number of carbonyl (C=O) groups is 4. The minimum absolute atomic E-state index is 0.108. The zero-order valence-corrected chi connectivity index (χ0v) is 19.8. The van der Waals surface area contributed by atoms with Crippen LogP contribution in [-0.4, -0.2) is 53.7 Å². The van der Waals surface area contributed by atoms with Crippen molar-refractivity contribution in [2.24, 2.45) is 0 Å². The first-order valence-electron chi connectivity index (χ1n) is 12.3. The summed E-state index contributed by atoms with van der Waals surface area (Å²) in [6, 6.07) is 15.3. The summed E-state index contributed by atoms with van der Waals surface area (Å²) in [6.45, 7) is 0.800. The van der Waals surface area contributed by atoms with E-state index < -0.39 is 23.8 Å². The molecule has 3 aliphatic rings. The third-order valence-corrected chi connectivity index (χ3v) is 7.47. The van der Waals surface area contributed by atoms with Crippen molar-refractivity contribution in [1.82, 2.24) is 15.5 Å². The van der Waals surface area contributed by atoms with Crippen LogP contribution in [0.1, 0.15) is 64.8 Å². The van der Waals surface area contributed by atoms with E-state index in [9.17, 15) is 19.2 Å². The first-order valence-corrected chi connectivity index (χ1v) is 12.3. The summed E-state index contributed by atoms with van der Waals surface area (Å²) in [5, 5.41) is 5.96. The van der Waals surface area contributed by atoms with Gasteiger partial charge in [-0.2, -0.15) is 0 Å². The van der Waals surface area contributed by atoms with Gasteiger partial charge in [0.05, 0.1) is 11.1 Å². The minimum Gasteiger partial charge on any atom is -0.370 e. The lowest BCUT2D eigenvalue weighted by atomic mass is 9.88. The molecule has 2 aliphatic heterocycles. The van der Waals surface area contributed by atoms with Crippen LogP contribution in [0.25, 0.3) is 0 Å². The van der Waals surface area contributed by atoms with Gasteiger partial charge in [0.2, 0.25) is 11.8 Å². The molecule has 2 aromatic rings. The van der Waals surface area contributed by atoms with Gasteiger partial charge in [-0.25, -0.2) is 0 Å². The van der Waals surface area contributed by atoms with E-state index >= 15 is 0 Å². The van der Waals surface area contributed by atoms with Crippen molar-refractivity contribution in [1.29, 1.82) is 0 Å². The fourth-order valence-electron chi connectivity index (χ4n) is 5.53. The lowest BCUT2D eigenvalue weighted by Crippen LogP contribution is -2.54. The highest BCUT2D eigenvalue weighted by atomic mass is 16.2.